The zero-order valence-electron chi connectivity index (χ0n) is 10.6. The molecule has 1 atom stereocenters. The third kappa shape index (κ3) is 4.90. The molecule has 0 saturated heterocycles. The molecular formula is C11H19O6P. The van der Waals surface area contributed by atoms with E-state index in [9.17, 15) is 14.3 Å². The predicted molar refractivity (Wildman–Crippen MR) is 64.3 cm³/mol. The molecule has 0 aromatic carbocycles. The fourth-order valence-electron chi connectivity index (χ4n) is 1.88. The second kappa shape index (κ2) is 5.97. The van der Waals surface area contributed by atoms with Gasteiger partial charge in [-0.05, 0) is 38.5 Å². The zero-order valence-corrected chi connectivity index (χ0v) is 11.5. The van der Waals surface area contributed by atoms with Crippen LogP contribution in [-0.2, 0) is 23.4 Å². The molecule has 0 amide bonds. The summed E-state index contributed by atoms with van der Waals surface area (Å²) in [7, 11) is -4.40. The van der Waals surface area contributed by atoms with E-state index in [4.69, 9.17) is 4.52 Å². The van der Waals surface area contributed by atoms with Gasteiger partial charge in [-0.25, -0.2) is 9.36 Å². The van der Waals surface area contributed by atoms with Crippen molar-refractivity contribution in [1.29, 1.82) is 0 Å². The average molecular weight is 278 g/mol. The zero-order chi connectivity index (χ0) is 13.8. The number of rotatable bonds is 5. The van der Waals surface area contributed by atoms with Crippen molar-refractivity contribution in [3.63, 3.8) is 0 Å². The van der Waals surface area contributed by atoms with Crippen LogP contribution >= 0.6 is 7.82 Å². The molecule has 0 aliphatic heterocycles. The Morgan fingerprint density at radius 2 is 2.06 bits per heavy atom. The molecule has 0 aromatic rings. The van der Waals surface area contributed by atoms with Gasteiger partial charge in [-0.2, -0.15) is 0 Å². The first-order chi connectivity index (χ1) is 8.26. The van der Waals surface area contributed by atoms with Gasteiger partial charge in [0.05, 0.1) is 5.60 Å². The lowest BCUT2D eigenvalue weighted by atomic mass is 9.81. The number of phosphoric ester groups is 1. The number of carbonyl (C=O) groups is 1. The Kier molecular flexibility index (Phi) is 5.10. The minimum absolute atomic E-state index is 0.583. The van der Waals surface area contributed by atoms with Gasteiger partial charge < -0.3 is 4.89 Å². The molecule has 1 N–H and O–H groups in total. The monoisotopic (exact) mass is 278 g/mol. The van der Waals surface area contributed by atoms with Crippen molar-refractivity contribution >= 4 is 13.8 Å². The van der Waals surface area contributed by atoms with Gasteiger partial charge >= 0.3 is 13.8 Å². The molecule has 0 bridgehead atoms. The Morgan fingerprint density at radius 3 is 2.56 bits per heavy atom. The summed E-state index contributed by atoms with van der Waals surface area (Å²) in [5.74, 6) is -0.366. The second-order valence-corrected chi connectivity index (χ2v) is 6.14. The lowest BCUT2D eigenvalue weighted by molar-refractivity contribution is -0.221. The largest absolute Gasteiger partial charge is 0.509 e. The molecule has 1 saturated carbocycles. The van der Waals surface area contributed by atoms with Crippen molar-refractivity contribution in [2.24, 2.45) is 5.92 Å². The maximum atomic E-state index is 11.6. The van der Waals surface area contributed by atoms with Gasteiger partial charge in [0.2, 0.25) is 0 Å². The summed E-state index contributed by atoms with van der Waals surface area (Å²) in [5, 5.41) is 0. The molecule has 1 fully saturated rings. The van der Waals surface area contributed by atoms with Crippen LogP contribution in [0.15, 0.2) is 12.7 Å². The summed E-state index contributed by atoms with van der Waals surface area (Å²) >= 11 is 0. The number of hydrogen-bond donors (Lipinski definition) is 1. The smallest absolute Gasteiger partial charge is 0.300 e. The van der Waals surface area contributed by atoms with E-state index in [-0.39, 0.29) is 0 Å². The van der Waals surface area contributed by atoms with Crippen molar-refractivity contribution in [3.8, 4) is 0 Å². The van der Waals surface area contributed by atoms with Gasteiger partial charge in [0.1, 0.15) is 0 Å². The molecule has 18 heavy (non-hydrogen) atoms. The van der Waals surface area contributed by atoms with Crippen LogP contribution in [0, 0.1) is 5.92 Å². The van der Waals surface area contributed by atoms with Crippen LogP contribution in [0.4, 0.5) is 0 Å². The van der Waals surface area contributed by atoms with Crippen molar-refractivity contribution in [2.75, 3.05) is 0 Å². The van der Waals surface area contributed by atoms with Crippen LogP contribution in [0.25, 0.3) is 0 Å². The molecular weight excluding hydrogens is 259 g/mol. The average Bonchev–Trinajstić information content (AvgIpc) is 2.30. The highest BCUT2D eigenvalue weighted by molar-refractivity contribution is 7.47. The SMILES string of the molecule is C=CC(=O)OOP(=O)(O)OC1(C)CCC(C)CC1. The molecule has 0 heterocycles. The van der Waals surface area contributed by atoms with Crippen LogP contribution in [0.5, 0.6) is 0 Å². The molecule has 0 spiro atoms. The molecule has 7 heteroatoms. The van der Waals surface area contributed by atoms with E-state index < -0.39 is 19.4 Å². The second-order valence-electron chi connectivity index (χ2n) is 4.87. The van der Waals surface area contributed by atoms with Gasteiger partial charge in [-0.3, -0.25) is 9.41 Å². The number of hydrogen-bond acceptors (Lipinski definition) is 5. The Balaban J connectivity index is 2.51. The van der Waals surface area contributed by atoms with Crippen molar-refractivity contribution in [1.82, 2.24) is 0 Å². The van der Waals surface area contributed by atoms with Gasteiger partial charge in [-0.1, -0.05) is 18.2 Å². The highest BCUT2D eigenvalue weighted by atomic mass is 31.2. The van der Waals surface area contributed by atoms with E-state index in [2.05, 4.69) is 23.1 Å². The van der Waals surface area contributed by atoms with E-state index in [1.54, 1.807) is 6.92 Å². The molecule has 104 valence electrons. The highest BCUT2D eigenvalue weighted by Gasteiger charge is 2.39. The summed E-state index contributed by atoms with van der Waals surface area (Å²) < 4.78 is 20.8. The quantitative estimate of drug-likeness (QED) is 0.360. The summed E-state index contributed by atoms with van der Waals surface area (Å²) in [5.41, 5.74) is -0.725. The van der Waals surface area contributed by atoms with E-state index in [0.717, 1.165) is 18.9 Å². The van der Waals surface area contributed by atoms with Crippen LogP contribution < -0.4 is 0 Å². The van der Waals surface area contributed by atoms with Crippen LogP contribution in [0.1, 0.15) is 39.5 Å². The normalized spacial score (nSPS) is 31.4. The topological polar surface area (TPSA) is 82.1 Å². The first-order valence-electron chi connectivity index (χ1n) is 5.82. The van der Waals surface area contributed by atoms with Crippen LogP contribution in [-0.4, -0.2) is 16.5 Å². The van der Waals surface area contributed by atoms with E-state index in [1.165, 1.54) is 0 Å². The Morgan fingerprint density at radius 1 is 1.50 bits per heavy atom. The Hall–Kier alpha value is -0.680. The standard InChI is InChI=1S/C11H19O6P/c1-4-10(12)15-17-18(13,14)16-11(3)7-5-9(2)6-8-11/h4,9H,1,5-8H2,2-3H3,(H,13,14). The molecule has 1 unspecified atom stereocenters. The van der Waals surface area contributed by atoms with Crippen molar-refractivity contribution in [2.45, 2.75) is 45.1 Å². The molecule has 1 aliphatic rings. The Bertz CT molecular complexity index is 359. The van der Waals surface area contributed by atoms with Gasteiger partial charge in [0.15, 0.2) is 0 Å². The van der Waals surface area contributed by atoms with Gasteiger partial charge in [0.25, 0.3) is 0 Å². The first-order valence-corrected chi connectivity index (χ1v) is 7.32. The van der Waals surface area contributed by atoms with Crippen molar-refractivity contribution in [3.05, 3.63) is 12.7 Å². The fourth-order valence-corrected chi connectivity index (χ4v) is 2.81. The third-order valence-corrected chi connectivity index (χ3v) is 3.98. The first kappa shape index (κ1) is 15.4. The predicted octanol–water partition coefficient (Wildman–Crippen LogP) is 2.73. The van der Waals surface area contributed by atoms with Crippen LogP contribution in [0.2, 0.25) is 0 Å². The molecule has 1 aliphatic carbocycles. The maximum Gasteiger partial charge on any atom is 0.509 e. The Labute approximate surface area is 106 Å². The van der Waals surface area contributed by atoms with E-state index in [0.29, 0.717) is 18.8 Å². The molecule has 0 aromatic heterocycles. The van der Waals surface area contributed by atoms with Crippen LogP contribution in [0.3, 0.4) is 0 Å². The lowest BCUT2D eigenvalue weighted by Crippen LogP contribution is -2.32. The summed E-state index contributed by atoms with van der Waals surface area (Å²) in [6.45, 7) is 7.01. The third-order valence-electron chi connectivity index (χ3n) is 3.05. The van der Waals surface area contributed by atoms with Gasteiger partial charge in [-0.15, -0.1) is 0 Å². The minimum atomic E-state index is -4.40. The highest BCUT2D eigenvalue weighted by Crippen LogP contribution is 2.51. The summed E-state index contributed by atoms with van der Waals surface area (Å²) in [4.78, 5) is 24.2. The number of phosphoric acid groups is 1. The molecule has 0 radical (unpaired) electrons. The maximum absolute atomic E-state index is 11.6. The van der Waals surface area contributed by atoms with E-state index in [1.807, 2.05) is 0 Å². The summed E-state index contributed by atoms with van der Waals surface area (Å²) in [6.07, 6.45) is 3.99. The lowest BCUT2D eigenvalue weighted by Gasteiger charge is -2.36. The molecule has 1 rings (SSSR count). The van der Waals surface area contributed by atoms with Crippen molar-refractivity contribution < 1.29 is 28.3 Å². The van der Waals surface area contributed by atoms with E-state index >= 15 is 0 Å². The minimum Gasteiger partial charge on any atom is -0.300 e. The van der Waals surface area contributed by atoms with Gasteiger partial charge in [0, 0.05) is 6.08 Å². The number of carbonyl (C=O) groups excluding carboxylic acids is 1. The molecule has 6 nitrogen and oxygen atoms in total. The fraction of sp³-hybridized carbons (Fsp3) is 0.727. The summed E-state index contributed by atoms with van der Waals surface area (Å²) in [6, 6.07) is 0.